The summed E-state index contributed by atoms with van der Waals surface area (Å²) in [5.74, 6) is 0.127. The summed E-state index contributed by atoms with van der Waals surface area (Å²) in [4.78, 5) is 25.7. The summed E-state index contributed by atoms with van der Waals surface area (Å²) in [6, 6.07) is 8.49. The Morgan fingerprint density at radius 1 is 1.27 bits per heavy atom. The van der Waals surface area contributed by atoms with Crippen LogP contribution in [0.2, 0.25) is 0 Å². The first-order valence-electron chi connectivity index (χ1n) is 9.43. The molecule has 2 atom stereocenters. The number of ether oxygens (including phenoxy) is 1. The van der Waals surface area contributed by atoms with Gasteiger partial charge in [-0.25, -0.2) is 9.18 Å². The molecule has 0 N–H and O–H groups in total. The van der Waals surface area contributed by atoms with E-state index >= 15 is 4.39 Å². The summed E-state index contributed by atoms with van der Waals surface area (Å²) in [7, 11) is 1.69. The number of hydrogen-bond acceptors (Lipinski definition) is 7. The van der Waals surface area contributed by atoms with Crippen LogP contribution in [0.5, 0.6) is 0 Å². The van der Waals surface area contributed by atoms with Crippen molar-refractivity contribution in [2.75, 3.05) is 11.4 Å². The number of tetrazole rings is 1. The largest absolute Gasteiger partial charge is 0.441 e. The molecule has 0 spiro atoms. The van der Waals surface area contributed by atoms with E-state index in [1.54, 1.807) is 19.2 Å². The van der Waals surface area contributed by atoms with Gasteiger partial charge in [-0.05, 0) is 35.4 Å². The standard InChI is InChI=1S/C20H17FN6O3/c1-10-7-11(3-4-12(10)19-23-25-26(2)24-19)13-5-6-15-14(18(13)21)8-16-17(9-22-29)30-20(28)27(15)16/h3-7,16-17H,8-9H2,1-2H3. The van der Waals surface area contributed by atoms with Gasteiger partial charge < -0.3 is 4.74 Å². The fraction of sp³-hybridized carbons (Fsp3) is 0.300. The molecule has 0 bridgehead atoms. The highest BCUT2D eigenvalue weighted by Crippen LogP contribution is 2.43. The Labute approximate surface area is 170 Å². The lowest BCUT2D eigenvalue weighted by Gasteiger charge is -2.14. The topological polar surface area (TPSA) is 103 Å². The van der Waals surface area contributed by atoms with Gasteiger partial charge in [0.2, 0.25) is 5.82 Å². The van der Waals surface area contributed by atoms with Crippen LogP contribution < -0.4 is 4.90 Å². The zero-order valence-corrected chi connectivity index (χ0v) is 16.2. The molecule has 3 heterocycles. The quantitative estimate of drug-likeness (QED) is 0.615. The van der Waals surface area contributed by atoms with E-state index in [1.165, 1.54) is 9.70 Å². The number of carbonyl (C=O) groups excluding carboxylic acids is 1. The maximum atomic E-state index is 15.5. The molecule has 0 radical (unpaired) electrons. The van der Waals surface area contributed by atoms with Crippen molar-refractivity contribution in [1.29, 1.82) is 0 Å². The van der Waals surface area contributed by atoms with Crippen molar-refractivity contribution in [2.45, 2.75) is 25.5 Å². The molecule has 2 unspecified atom stereocenters. The Bertz CT molecular complexity index is 1190. The fourth-order valence-corrected chi connectivity index (χ4v) is 4.24. The van der Waals surface area contributed by atoms with Gasteiger partial charge in [0.1, 0.15) is 18.5 Å². The van der Waals surface area contributed by atoms with Crippen molar-refractivity contribution in [3.63, 3.8) is 0 Å². The number of halogens is 1. The average Bonchev–Trinajstić information content (AvgIpc) is 3.39. The van der Waals surface area contributed by atoms with Crippen molar-refractivity contribution in [3.05, 3.63) is 52.2 Å². The number of benzene rings is 2. The lowest BCUT2D eigenvalue weighted by atomic mass is 9.96. The highest BCUT2D eigenvalue weighted by Gasteiger charge is 2.48. The van der Waals surface area contributed by atoms with Gasteiger partial charge in [-0.15, -0.1) is 10.2 Å². The van der Waals surface area contributed by atoms with E-state index in [-0.39, 0.29) is 18.8 Å². The van der Waals surface area contributed by atoms with Crippen LogP contribution in [0.4, 0.5) is 14.9 Å². The van der Waals surface area contributed by atoms with E-state index in [2.05, 4.69) is 20.6 Å². The van der Waals surface area contributed by atoms with Crippen LogP contribution in [0, 0.1) is 17.6 Å². The number of hydrogen-bond donors (Lipinski definition) is 0. The Morgan fingerprint density at radius 3 is 2.77 bits per heavy atom. The second-order valence-electron chi connectivity index (χ2n) is 7.43. The SMILES string of the molecule is Cc1cc(-c2ccc3c(c2F)CC2C(CN=O)OC(=O)N32)ccc1-c1nnn(C)n1. The van der Waals surface area contributed by atoms with Crippen LogP contribution in [-0.4, -0.2) is 45.0 Å². The summed E-state index contributed by atoms with van der Waals surface area (Å²) in [5.41, 5.74) is 3.79. The monoisotopic (exact) mass is 408 g/mol. The predicted molar refractivity (Wildman–Crippen MR) is 105 cm³/mol. The van der Waals surface area contributed by atoms with Gasteiger partial charge in [0.15, 0.2) is 0 Å². The molecule has 1 saturated heterocycles. The number of rotatable bonds is 4. The van der Waals surface area contributed by atoms with Crippen molar-refractivity contribution in [1.82, 2.24) is 20.2 Å². The molecular weight excluding hydrogens is 391 g/mol. The van der Waals surface area contributed by atoms with Gasteiger partial charge in [0.25, 0.3) is 0 Å². The predicted octanol–water partition coefficient (Wildman–Crippen LogP) is 3.01. The first-order valence-corrected chi connectivity index (χ1v) is 9.43. The van der Waals surface area contributed by atoms with Crippen LogP contribution in [0.3, 0.4) is 0 Å². The van der Waals surface area contributed by atoms with E-state index in [0.717, 1.165) is 11.1 Å². The molecule has 30 heavy (non-hydrogen) atoms. The Balaban J connectivity index is 1.52. The number of amides is 1. The fourth-order valence-electron chi connectivity index (χ4n) is 4.24. The van der Waals surface area contributed by atoms with Crippen LogP contribution in [0.15, 0.2) is 35.5 Å². The highest BCUT2D eigenvalue weighted by atomic mass is 19.1. The second-order valence-corrected chi connectivity index (χ2v) is 7.43. The van der Waals surface area contributed by atoms with Gasteiger partial charge in [0.05, 0.1) is 18.8 Å². The minimum absolute atomic E-state index is 0.146. The van der Waals surface area contributed by atoms with Crippen LogP contribution >= 0.6 is 0 Å². The minimum atomic E-state index is -0.661. The molecule has 0 saturated carbocycles. The summed E-state index contributed by atoms with van der Waals surface area (Å²) in [6.45, 7) is 1.76. The van der Waals surface area contributed by atoms with E-state index in [4.69, 9.17) is 4.74 Å². The van der Waals surface area contributed by atoms with Gasteiger partial charge in [-0.1, -0.05) is 23.4 Å². The molecule has 2 aromatic carbocycles. The molecule has 10 heteroatoms. The summed E-state index contributed by atoms with van der Waals surface area (Å²) >= 11 is 0. The zero-order valence-electron chi connectivity index (χ0n) is 16.2. The molecule has 1 aromatic heterocycles. The van der Waals surface area contributed by atoms with Gasteiger partial charge in [0, 0.05) is 23.1 Å². The Hall–Kier alpha value is -3.69. The van der Waals surface area contributed by atoms with E-state index in [9.17, 15) is 9.70 Å². The summed E-state index contributed by atoms with van der Waals surface area (Å²) in [6.07, 6.45) is -0.955. The number of cyclic esters (lactones) is 1. The maximum Gasteiger partial charge on any atom is 0.415 e. The van der Waals surface area contributed by atoms with E-state index in [0.29, 0.717) is 28.2 Å². The summed E-state index contributed by atoms with van der Waals surface area (Å²) < 4.78 is 20.7. The molecule has 0 aliphatic carbocycles. The number of aromatic nitrogens is 4. The lowest BCUT2D eigenvalue weighted by Crippen LogP contribution is -2.34. The van der Waals surface area contributed by atoms with Crippen LogP contribution in [0.1, 0.15) is 11.1 Å². The normalized spacial score (nSPS) is 19.6. The number of carbonyl (C=O) groups is 1. The van der Waals surface area contributed by atoms with Crippen LogP contribution in [-0.2, 0) is 18.2 Å². The first-order chi connectivity index (χ1) is 14.5. The molecule has 3 aromatic rings. The number of nitroso groups, excluding NO2 is 1. The van der Waals surface area contributed by atoms with Crippen molar-refractivity contribution < 1.29 is 13.9 Å². The third-order valence-electron chi connectivity index (χ3n) is 5.64. The van der Waals surface area contributed by atoms with E-state index < -0.39 is 18.2 Å². The van der Waals surface area contributed by atoms with Crippen molar-refractivity contribution in [2.24, 2.45) is 12.2 Å². The van der Waals surface area contributed by atoms with Gasteiger partial charge >= 0.3 is 6.09 Å². The third kappa shape index (κ3) is 2.67. The first kappa shape index (κ1) is 18.3. The summed E-state index contributed by atoms with van der Waals surface area (Å²) in [5, 5.41) is 14.9. The zero-order chi connectivity index (χ0) is 21.0. The molecule has 9 nitrogen and oxygen atoms in total. The van der Waals surface area contributed by atoms with E-state index in [1.807, 2.05) is 25.1 Å². The molecule has 5 rings (SSSR count). The third-order valence-corrected chi connectivity index (χ3v) is 5.64. The van der Waals surface area contributed by atoms with Gasteiger partial charge in [-0.2, -0.15) is 9.70 Å². The number of nitrogens with zero attached hydrogens (tertiary/aromatic N) is 6. The van der Waals surface area contributed by atoms with Crippen LogP contribution in [0.25, 0.3) is 22.5 Å². The maximum absolute atomic E-state index is 15.5. The molecule has 1 fully saturated rings. The van der Waals surface area contributed by atoms with Crippen molar-refractivity contribution in [3.8, 4) is 22.5 Å². The van der Waals surface area contributed by atoms with Gasteiger partial charge in [-0.3, -0.25) is 4.90 Å². The highest BCUT2D eigenvalue weighted by molar-refractivity contribution is 5.94. The number of aryl methyl sites for hydroxylation is 2. The molecule has 1 amide bonds. The molecule has 152 valence electrons. The average molecular weight is 408 g/mol. The lowest BCUT2D eigenvalue weighted by molar-refractivity contribution is 0.135. The number of anilines is 1. The molecular formula is C20H17FN6O3. The molecule has 2 aliphatic heterocycles. The Morgan fingerprint density at radius 2 is 2.07 bits per heavy atom. The van der Waals surface area contributed by atoms with Crippen molar-refractivity contribution >= 4 is 11.8 Å². The smallest absolute Gasteiger partial charge is 0.415 e. The second kappa shape index (κ2) is 6.68. The minimum Gasteiger partial charge on any atom is -0.441 e. The Kier molecular flexibility index (Phi) is 4.09. The number of fused-ring (bicyclic) bond motifs is 3. The molecule has 2 aliphatic rings.